The van der Waals surface area contributed by atoms with Crippen LogP contribution in [0.1, 0.15) is 31.1 Å². The van der Waals surface area contributed by atoms with Crippen LogP contribution in [0.3, 0.4) is 0 Å². The van der Waals surface area contributed by atoms with Crippen LogP contribution in [0.2, 0.25) is 0 Å². The minimum absolute atomic E-state index is 0.294. The molecule has 4 aromatic rings. The highest BCUT2D eigenvalue weighted by Crippen LogP contribution is 2.43. The van der Waals surface area contributed by atoms with Gasteiger partial charge in [0.1, 0.15) is 11.5 Å². The average Bonchev–Trinajstić information content (AvgIpc) is 3.25. The van der Waals surface area contributed by atoms with E-state index in [9.17, 15) is 0 Å². The van der Waals surface area contributed by atoms with Crippen molar-refractivity contribution >= 4 is 11.2 Å². The highest BCUT2D eigenvalue weighted by molar-refractivity contribution is 5.85. The molecule has 0 unspecified atom stereocenters. The van der Waals surface area contributed by atoms with Crippen molar-refractivity contribution in [2.45, 2.75) is 33.2 Å². The first-order valence-electron chi connectivity index (χ1n) is 8.85. The molecule has 5 rings (SSSR count). The summed E-state index contributed by atoms with van der Waals surface area (Å²) in [6, 6.07) is 7.58. The molecule has 27 heavy (non-hydrogen) atoms. The van der Waals surface area contributed by atoms with Gasteiger partial charge in [-0.2, -0.15) is 5.10 Å². The number of nitrogens with zero attached hydrogens (tertiary/aromatic N) is 5. The van der Waals surface area contributed by atoms with Crippen LogP contribution in [0.4, 0.5) is 10.1 Å². The van der Waals surface area contributed by atoms with Crippen LogP contribution in [-0.4, -0.2) is 24.4 Å². The fraction of sp³-hybridized carbons (Fsp3) is 0.250. The fourth-order valence-electron chi connectivity index (χ4n) is 3.92. The predicted octanol–water partition coefficient (Wildman–Crippen LogP) is 4.00. The van der Waals surface area contributed by atoms with E-state index in [4.69, 9.17) is 0 Å². The predicted molar refractivity (Wildman–Crippen MR) is 102 cm³/mol. The zero-order chi connectivity index (χ0) is 18.9. The number of aryl methyl sites for hydroxylation is 2. The lowest BCUT2D eigenvalue weighted by molar-refractivity contribution is 0.522. The van der Waals surface area contributed by atoms with Crippen molar-refractivity contribution in [3.8, 4) is 16.8 Å². The second-order valence-electron chi connectivity index (χ2n) is 7.52. The molecule has 0 bridgehead atoms. The summed E-state index contributed by atoms with van der Waals surface area (Å²) >= 11 is 0. The van der Waals surface area contributed by atoms with Gasteiger partial charge in [0.05, 0.1) is 16.7 Å². The van der Waals surface area contributed by atoms with Gasteiger partial charge >= 0.3 is 0 Å². The van der Waals surface area contributed by atoms with Crippen LogP contribution in [0.25, 0.3) is 22.3 Å². The summed E-state index contributed by atoms with van der Waals surface area (Å²) in [7, 11) is 0. The normalized spacial score (nSPS) is 14.7. The molecule has 1 aromatic carbocycles. The number of anilines is 1. The van der Waals surface area contributed by atoms with Crippen LogP contribution in [-0.2, 0) is 5.54 Å². The van der Waals surface area contributed by atoms with Gasteiger partial charge in [0.25, 0.3) is 0 Å². The maximum Gasteiger partial charge on any atom is 0.162 e. The Morgan fingerprint density at radius 1 is 1.11 bits per heavy atom. The van der Waals surface area contributed by atoms with E-state index in [2.05, 4.69) is 20.6 Å². The molecule has 6 nitrogen and oxygen atoms in total. The summed E-state index contributed by atoms with van der Waals surface area (Å²) in [5.74, 6) is 1.07. The topological polar surface area (TPSA) is 60.0 Å². The Hall–Kier alpha value is -3.22. The van der Waals surface area contributed by atoms with E-state index in [1.807, 2.05) is 62.7 Å². The second kappa shape index (κ2) is 5.16. The van der Waals surface area contributed by atoms with E-state index in [1.165, 1.54) is 0 Å². The quantitative estimate of drug-likeness (QED) is 0.556. The molecule has 4 heterocycles. The molecule has 0 spiro atoms. The van der Waals surface area contributed by atoms with E-state index in [1.54, 1.807) is 10.7 Å². The van der Waals surface area contributed by atoms with Crippen molar-refractivity contribution in [1.29, 1.82) is 0 Å². The lowest BCUT2D eigenvalue weighted by atomic mass is 9.94. The van der Waals surface area contributed by atoms with Crippen molar-refractivity contribution in [3.63, 3.8) is 0 Å². The van der Waals surface area contributed by atoms with E-state index < -0.39 is 5.54 Å². The molecule has 136 valence electrons. The first-order valence-corrected chi connectivity index (χ1v) is 8.85. The molecule has 0 atom stereocenters. The van der Waals surface area contributed by atoms with Crippen molar-refractivity contribution in [2.75, 3.05) is 5.32 Å². The smallest absolute Gasteiger partial charge is 0.162 e. The van der Waals surface area contributed by atoms with Crippen molar-refractivity contribution in [1.82, 2.24) is 24.4 Å². The van der Waals surface area contributed by atoms with Crippen molar-refractivity contribution < 1.29 is 4.39 Å². The number of pyridine rings is 1. The number of hydrogen-bond donors (Lipinski definition) is 1. The Bertz CT molecular complexity index is 1220. The van der Waals surface area contributed by atoms with E-state index in [-0.39, 0.29) is 5.82 Å². The van der Waals surface area contributed by atoms with Crippen LogP contribution < -0.4 is 5.32 Å². The Balaban J connectivity index is 1.87. The van der Waals surface area contributed by atoms with Gasteiger partial charge in [0, 0.05) is 23.5 Å². The van der Waals surface area contributed by atoms with Crippen LogP contribution >= 0.6 is 0 Å². The number of rotatable bonds is 1. The molecule has 0 fully saturated rings. The highest BCUT2D eigenvalue weighted by atomic mass is 19.1. The van der Waals surface area contributed by atoms with Gasteiger partial charge in [-0.15, -0.1) is 10.2 Å². The Morgan fingerprint density at radius 3 is 2.74 bits per heavy atom. The first kappa shape index (κ1) is 16.0. The molecule has 0 saturated carbocycles. The van der Waals surface area contributed by atoms with Gasteiger partial charge < -0.3 is 5.32 Å². The minimum atomic E-state index is -0.446. The number of halogens is 1. The van der Waals surface area contributed by atoms with Gasteiger partial charge in [0.2, 0.25) is 0 Å². The molecule has 7 heteroatoms. The lowest BCUT2D eigenvalue weighted by Gasteiger charge is -2.35. The molecular formula is C20H19FN6. The molecule has 1 aliphatic rings. The monoisotopic (exact) mass is 362 g/mol. The molecular weight excluding hydrogens is 343 g/mol. The third kappa shape index (κ3) is 2.08. The van der Waals surface area contributed by atoms with Gasteiger partial charge in [-0.05, 0) is 51.5 Å². The molecule has 0 saturated heterocycles. The zero-order valence-electron chi connectivity index (χ0n) is 15.6. The van der Waals surface area contributed by atoms with Crippen molar-refractivity contribution in [3.05, 3.63) is 59.7 Å². The van der Waals surface area contributed by atoms with Gasteiger partial charge in [-0.1, -0.05) is 6.07 Å². The fourth-order valence-corrected chi connectivity index (χ4v) is 3.92. The number of nitrogens with one attached hydrogen (secondary N) is 1. The SMILES string of the molecule is Cc1cc(-c2cccn3nccc23)c(F)c2c1NC(C)(C)c1nnc(C)n1-2. The van der Waals surface area contributed by atoms with Crippen LogP contribution in [0, 0.1) is 19.7 Å². The zero-order valence-corrected chi connectivity index (χ0v) is 15.6. The summed E-state index contributed by atoms with van der Waals surface area (Å²) in [6.07, 6.45) is 3.57. The average molecular weight is 362 g/mol. The summed E-state index contributed by atoms with van der Waals surface area (Å²) in [4.78, 5) is 0. The van der Waals surface area contributed by atoms with Gasteiger partial charge in [-0.25, -0.2) is 8.91 Å². The lowest BCUT2D eigenvalue weighted by Crippen LogP contribution is -2.36. The maximum atomic E-state index is 15.9. The standard InChI is InChI=1S/C20H19FN6/c1-11-10-14(13-6-5-9-26-15(13)7-8-22-26)16(21)18-17(11)23-20(3,4)19-25-24-12(2)27(18)19/h5-10,23H,1-4H3. The van der Waals surface area contributed by atoms with Gasteiger partial charge in [-0.3, -0.25) is 4.57 Å². The second-order valence-corrected chi connectivity index (χ2v) is 7.52. The van der Waals surface area contributed by atoms with Crippen LogP contribution in [0.15, 0.2) is 36.7 Å². The molecule has 0 amide bonds. The molecule has 1 aliphatic heterocycles. The summed E-state index contributed by atoms with van der Waals surface area (Å²) < 4.78 is 19.5. The molecule has 1 N–H and O–H groups in total. The number of hydrogen-bond acceptors (Lipinski definition) is 4. The summed E-state index contributed by atoms with van der Waals surface area (Å²) in [5.41, 5.74) is 3.97. The highest BCUT2D eigenvalue weighted by Gasteiger charge is 2.37. The number of benzene rings is 1. The van der Waals surface area contributed by atoms with Gasteiger partial charge in [0.15, 0.2) is 11.6 Å². The third-order valence-electron chi connectivity index (χ3n) is 5.21. The van der Waals surface area contributed by atoms with E-state index in [0.717, 1.165) is 22.3 Å². The molecule has 0 aliphatic carbocycles. The third-order valence-corrected chi connectivity index (χ3v) is 5.21. The summed E-state index contributed by atoms with van der Waals surface area (Å²) in [5, 5.41) is 16.2. The largest absolute Gasteiger partial charge is 0.371 e. The number of aromatic nitrogens is 5. The first-order chi connectivity index (χ1) is 12.9. The maximum absolute atomic E-state index is 15.9. The van der Waals surface area contributed by atoms with Crippen LogP contribution in [0.5, 0.6) is 0 Å². The molecule has 0 radical (unpaired) electrons. The van der Waals surface area contributed by atoms with E-state index in [0.29, 0.717) is 22.9 Å². The minimum Gasteiger partial charge on any atom is -0.371 e. The van der Waals surface area contributed by atoms with E-state index >= 15 is 4.39 Å². The Labute approximate surface area is 155 Å². The summed E-state index contributed by atoms with van der Waals surface area (Å²) in [6.45, 7) is 7.88. The van der Waals surface area contributed by atoms with Crippen molar-refractivity contribution in [2.24, 2.45) is 0 Å². The molecule has 3 aromatic heterocycles. The number of fused-ring (bicyclic) bond motifs is 4. The Kier molecular flexibility index (Phi) is 3.05. The Morgan fingerprint density at radius 2 is 1.93 bits per heavy atom.